The first-order valence-corrected chi connectivity index (χ1v) is 8.62. The Hall–Kier alpha value is -3.61. The van der Waals surface area contributed by atoms with Crippen molar-refractivity contribution in [3.63, 3.8) is 0 Å². The molecule has 0 bridgehead atoms. The molecule has 0 aliphatic carbocycles. The highest BCUT2D eigenvalue weighted by Crippen LogP contribution is 2.31. The van der Waals surface area contributed by atoms with E-state index >= 15 is 0 Å². The molecule has 1 amide bonds. The molecule has 1 atom stereocenters. The first-order valence-electron chi connectivity index (χ1n) is 8.62. The van der Waals surface area contributed by atoms with Gasteiger partial charge in [0.1, 0.15) is 0 Å². The van der Waals surface area contributed by atoms with Crippen LogP contribution in [-0.4, -0.2) is 17.0 Å². The number of halogens is 3. The van der Waals surface area contributed by atoms with Gasteiger partial charge in [0.25, 0.3) is 5.91 Å². The van der Waals surface area contributed by atoms with E-state index in [1.165, 1.54) is 24.3 Å². The smallest absolute Gasteiger partial charge is 0.416 e. The van der Waals surface area contributed by atoms with Crippen molar-refractivity contribution in [1.29, 1.82) is 0 Å². The topological polar surface area (TPSA) is 66.4 Å². The van der Waals surface area contributed by atoms with Gasteiger partial charge in [-0.15, -0.1) is 0 Å². The zero-order valence-corrected chi connectivity index (χ0v) is 15.0. The number of rotatable bonds is 5. The van der Waals surface area contributed by atoms with Crippen LogP contribution in [0.4, 0.5) is 13.2 Å². The number of aliphatic carboxylic acids is 1. The van der Waals surface area contributed by atoms with E-state index in [1.807, 2.05) is 0 Å². The van der Waals surface area contributed by atoms with Gasteiger partial charge >= 0.3 is 12.1 Å². The van der Waals surface area contributed by atoms with E-state index in [9.17, 15) is 27.9 Å². The standard InChI is InChI=1S/C22H16F3NO3/c23-22(24,25)18-12-10-15(11-13-18)14-6-8-17(9-7-14)20(27)26-19(21(28)29)16-4-2-1-3-5-16/h1-13,19H,(H,26,27)(H,28,29)/t19-/m0/s1. The molecule has 0 spiro atoms. The van der Waals surface area contributed by atoms with Crippen molar-refractivity contribution in [3.8, 4) is 11.1 Å². The molecule has 7 heteroatoms. The number of carboxylic acids is 1. The number of alkyl halides is 3. The van der Waals surface area contributed by atoms with Crippen LogP contribution in [0.3, 0.4) is 0 Å². The van der Waals surface area contributed by atoms with Gasteiger partial charge < -0.3 is 10.4 Å². The third kappa shape index (κ3) is 4.82. The molecule has 148 valence electrons. The number of carbonyl (C=O) groups excluding carboxylic acids is 1. The Labute approximate surface area is 164 Å². The van der Waals surface area contributed by atoms with Gasteiger partial charge in [0, 0.05) is 5.56 Å². The van der Waals surface area contributed by atoms with Gasteiger partial charge in [-0.1, -0.05) is 54.6 Å². The van der Waals surface area contributed by atoms with Crippen LogP contribution < -0.4 is 5.32 Å². The largest absolute Gasteiger partial charge is 0.479 e. The Morgan fingerprint density at radius 1 is 0.793 bits per heavy atom. The second kappa shape index (κ2) is 8.18. The maximum Gasteiger partial charge on any atom is 0.416 e. The first kappa shape index (κ1) is 20.1. The Kier molecular flexibility index (Phi) is 5.68. The zero-order chi connectivity index (χ0) is 21.0. The maximum atomic E-state index is 12.7. The van der Waals surface area contributed by atoms with Gasteiger partial charge in [-0.25, -0.2) is 4.79 Å². The number of hydrogen-bond donors (Lipinski definition) is 2. The second-order valence-electron chi connectivity index (χ2n) is 6.31. The fourth-order valence-corrected chi connectivity index (χ4v) is 2.81. The highest BCUT2D eigenvalue weighted by atomic mass is 19.4. The summed E-state index contributed by atoms with van der Waals surface area (Å²) >= 11 is 0. The lowest BCUT2D eigenvalue weighted by molar-refractivity contribution is -0.139. The molecular weight excluding hydrogens is 383 g/mol. The summed E-state index contributed by atoms with van der Waals surface area (Å²) in [7, 11) is 0. The van der Waals surface area contributed by atoms with Crippen LogP contribution in [0.15, 0.2) is 78.9 Å². The Morgan fingerprint density at radius 3 is 1.79 bits per heavy atom. The minimum atomic E-state index is -4.40. The molecule has 0 aliphatic heterocycles. The van der Waals surface area contributed by atoms with E-state index in [0.717, 1.165) is 12.1 Å². The zero-order valence-electron chi connectivity index (χ0n) is 15.0. The predicted octanol–water partition coefficient (Wildman–Crippen LogP) is 4.93. The molecule has 3 rings (SSSR count). The van der Waals surface area contributed by atoms with E-state index in [0.29, 0.717) is 16.7 Å². The second-order valence-corrected chi connectivity index (χ2v) is 6.31. The van der Waals surface area contributed by atoms with Crippen molar-refractivity contribution < 1.29 is 27.9 Å². The number of hydrogen-bond acceptors (Lipinski definition) is 2. The average Bonchev–Trinajstić information content (AvgIpc) is 2.72. The average molecular weight is 399 g/mol. The molecule has 2 N–H and O–H groups in total. The van der Waals surface area contributed by atoms with Gasteiger partial charge in [0.15, 0.2) is 6.04 Å². The predicted molar refractivity (Wildman–Crippen MR) is 101 cm³/mol. The molecule has 3 aromatic carbocycles. The van der Waals surface area contributed by atoms with Crippen LogP contribution >= 0.6 is 0 Å². The van der Waals surface area contributed by atoms with Crippen LogP contribution in [0.2, 0.25) is 0 Å². The van der Waals surface area contributed by atoms with Gasteiger partial charge in [-0.3, -0.25) is 4.79 Å². The highest BCUT2D eigenvalue weighted by molar-refractivity contribution is 5.97. The lowest BCUT2D eigenvalue weighted by Gasteiger charge is -2.15. The summed E-state index contributed by atoms with van der Waals surface area (Å²) in [6.07, 6.45) is -4.40. The normalized spacial score (nSPS) is 12.2. The van der Waals surface area contributed by atoms with Crippen LogP contribution in [0.5, 0.6) is 0 Å². The number of amides is 1. The van der Waals surface area contributed by atoms with Crippen molar-refractivity contribution in [2.45, 2.75) is 12.2 Å². The number of benzene rings is 3. The van der Waals surface area contributed by atoms with Crippen molar-refractivity contribution in [3.05, 3.63) is 95.6 Å². The molecule has 29 heavy (non-hydrogen) atoms. The Balaban J connectivity index is 1.75. The summed E-state index contributed by atoms with van der Waals surface area (Å²) in [6, 6.07) is 18.0. The van der Waals surface area contributed by atoms with Crippen LogP contribution in [-0.2, 0) is 11.0 Å². The van der Waals surface area contributed by atoms with Gasteiger partial charge in [0.2, 0.25) is 0 Å². The van der Waals surface area contributed by atoms with E-state index < -0.39 is 29.7 Å². The third-order valence-electron chi connectivity index (χ3n) is 4.35. The molecule has 0 fully saturated rings. The van der Waals surface area contributed by atoms with E-state index in [1.54, 1.807) is 42.5 Å². The molecular formula is C22H16F3NO3. The summed E-state index contributed by atoms with van der Waals surface area (Å²) in [5.41, 5.74) is 1.14. The molecule has 0 saturated heterocycles. The fraction of sp³-hybridized carbons (Fsp3) is 0.0909. The van der Waals surface area contributed by atoms with Gasteiger partial charge in [-0.05, 0) is 41.0 Å². The Bertz CT molecular complexity index is 998. The number of nitrogens with one attached hydrogen (secondary N) is 1. The molecule has 4 nitrogen and oxygen atoms in total. The molecule has 0 aliphatic rings. The SMILES string of the molecule is O=C(N[C@H](C(=O)O)c1ccccc1)c1ccc(-c2ccc(C(F)(F)F)cc2)cc1. The minimum Gasteiger partial charge on any atom is -0.479 e. The van der Waals surface area contributed by atoms with Gasteiger partial charge in [0.05, 0.1) is 5.56 Å². The molecule has 3 aromatic rings. The maximum absolute atomic E-state index is 12.7. The monoisotopic (exact) mass is 399 g/mol. The highest BCUT2D eigenvalue weighted by Gasteiger charge is 2.30. The van der Waals surface area contributed by atoms with Crippen LogP contribution in [0.25, 0.3) is 11.1 Å². The summed E-state index contributed by atoms with van der Waals surface area (Å²) in [5, 5.41) is 11.9. The molecule has 0 unspecified atom stereocenters. The third-order valence-corrected chi connectivity index (χ3v) is 4.35. The summed E-state index contributed by atoms with van der Waals surface area (Å²) in [5.74, 6) is -1.76. The van der Waals surface area contributed by atoms with E-state index in [2.05, 4.69) is 5.32 Å². The van der Waals surface area contributed by atoms with Crippen LogP contribution in [0.1, 0.15) is 27.5 Å². The molecule has 0 radical (unpaired) electrons. The van der Waals surface area contributed by atoms with Crippen LogP contribution in [0, 0.1) is 0 Å². The summed E-state index contributed by atoms with van der Waals surface area (Å²) in [4.78, 5) is 23.9. The van der Waals surface area contributed by atoms with Crippen molar-refractivity contribution in [1.82, 2.24) is 5.32 Å². The van der Waals surface area contributed by atoms with Crippen molar-refractivity contribution in [2.24, 2.45) is 0 Å². The lowest BCUT2D eigenvalue weighted by Crippen LogP contribution is -2.33. The van der Waals surface area contributed by atoms with Gasteiger partial charge in [-0.2, -0.15) is 13.2 Å². The molecule has 0 aromatic heterocycles. The van der Waals surface area contributed by atoms with Crippen molar-refractivity contribution in [2.75, 3.05) is 0 Å². The van der Waals surface area contributed by atoms with Crippen molar-refractivity contribution >= 4 is 11.9 Å². The quantitative estimate of drug-likeness (QED) is 0.640. The van der Waals surface area contributed by atoms with E-state index in [4.69, 9.17) is 0 Å². The minimum absolute atomic E-state index is 0.239. The molecule has 0 saturated carbocycles. The first-order chi connectivity index (χ1) is 13.8. The lowest BCUT2D eigenvalue weighted by atomic mass is 10.0. The number of carboxylic acid groups (broad SMARTS) is 1. The summed E-state index contributed by atoms with van der Waals surface area (Å²) < 4.78 is 38.0. The summed E-state index contributed by atoms with van der Waals surface area (Å²) in [6.45, 7) is 0. The Morgan fingerprint density at radius 2 is 1.31 bits per heavy atom. The fourth-order valence-electron chi connectivity index (χ4n) is 2.81. The molecule has 0 heterocycles. The number of carbonyl (C=O) groups is 2. The van der Waals surface area contributed by atoms with E-state index in [-0.39, 0.29) is 5.56 Å².